The number of amides is 1. The molecule has 1 amide bonds. The van der Waals surface area contributed by atoms with Crippen LogP contribution in [0.15, 0.2) is 4.99 Å². The molecule has 156 valence electrons. The average Bonchev–Trinajstić information content (AvgIpc) is 3.13. The van der Waals surface area contributed by atoms with Gasteiger partial charge in [0, 0.05) is 44.2 Å². The molecule has 1 aliphatic carbocycles. The summed E-state index contributed by atoms with van der Waals surface area (Å²) < 4.78 is 0. The Morgan fingerprint density at radius 1 is 1.19 bits per heavy atom. The second-order valence-corrected chi connectivity index (χ2v) is 8.23. The highest BCUT2D eigenvalue weighted by Crippen LogP contribution is 2.26. The largest absolute Gasteiger partial charge is 0.357 e. The molecule has 0 spiro atoms. The minimum absolute atomic E-state index is 0.274. The predicted octanol–water partition coefficient (Wildman–Crippen LogP) is 2.45. The average molecular weight is 380 g/mol. The fraction of sp³-hybridized carbons (Fsp3) is 0.905. The summed E-state index contributed by atoms with van der Waals surface area (Å²) in [7, 11) is 0. The molecule has 0 aromatic heterocycles. The molecule has 1 atom stereocenters. The number of likely N-dealkylation sites (N-methyl/N-ethyl adjacent to an activating group) is 1. The van der Waals surface area contributed by atoms with Gasteiger partial charge in [0.15, 0.2) is 5.96 Å². The highest BCUT2D eigenvalue weighted by Gasteiger charge is 2.31. The topological polar surface area (TPSA) is 60.0 Å². The molecule has 1 unspecified atom stereocenters. The molecule has 2 N–H and O–H groups in total. The zero-order valence-electron chi connectivity index (χ0n) is 18.0. The van der Waals surface area contributed by atoms with Crippen LogP contribution in [-0.2, 0) is 4.79 Å². The van der Waals surface area contributed by atoms with Crippen LogP contribution in [0.3, 0.4) is 0 Å². The summed E-state index contributed by atoms with van der Waals surface area (Å²) in [5.41, 5.74) is 0. The SMILES string of the molecule is CCNC(=NCCN(CC)C(C)C)NC1CCN(C(=O)C2CCCCC2)C1. The van der Waals surface area contributed by atoms with E-state index in [2.05, 4.69) is 48.1 Å². The molecule has 1 saturated carbocycles. The number of hydrogen-bond acceptors (Lipinski definition) is 3. The van der Waals surface area contributed by atoms with Gasteiger partial charge in [0.1, 0.15) is 0 Å². The van der Waals surface area contributed by atoms with Gasteiger partial charge < -0.3 is 15.5 Å². The van der Waals surface area contributed by atoms with Crippen molar-refractivity contribution in [3.05, 3.63) is 0 Å². The maximum absolute atomic E-state index is 12.7. The number of carbonyl (C=O) groups excluding carboxylic acids is 1. The van der Waals surface area contributed by atoms with Crippen molar-refractivity contribution in [2.75, 3.05) is 39.3 Å². The second kappa shape index (κ2) is 11.5. The molecule has 1 heterocycles. The Hall–Kier alpha value is -1.30. The van der Waals surface area contributed by atoms with Crippen LogP contribution in [0.5, 0.6) is 0 Å². The van der Waals surface area contributed by atoms with Gasteiger partial charge in [-0.25, -0.2) is 0 Å². The van der Waals surface area contributed by atoms with Crippen molar-refractivity contribution < 1.29 is 4.79 Å². The van der Waals surface area contributed by atoms with Crippen LogP contribution in [0.4, 0.5) is 0 Å². The summed E-state index contributed by atoms with van der Waals surface area (Å²) in [6.45, 7) is 14.1. The monoisotopic (exact) mass is 379 g/mol. The lowest BCUT2D eigenvalue weighted by Gasteiger charge is -2.26. The lowest BCUT2D eigenvalue weighted by molar-refractivity contribution is -0.135. The minimum atomic E-state index is 0.274. The second-order valence-electron chi connectivity index (χ2n) is 8.23. The Balaban J connectivity index is 1.81. The molecule has 2 rings (SSSR count). The molecular weight excluding hydrogens is 338 g/mol. The zero-order valence-corrected chi connectivity index (χ0v) is 18.0. The fourth-order valence-electron chi connectivity index (χ4n) is 4.27. The maximum Gasteiger partial charge on any atom is 0.225 e. The summed E-state index contributed by atoms with van der Waals surface area (Å²) >= 11 is 0. The van der Waals surface area contributed by atoms with Crippen molar-refractivity contribution >= 4 is 11.9 Å². The number of guanidine groups is 1. The van der Waals surface area contributed by atoms with Crippen molar-refractivity contribution in [3.63, 3.8) is 0 Å². The Bertz CT molecular complexity index is 473. The summed E-state index contributed by atoms with van der Waals surface area (Å²) in [6.07, 6.45) is 6.91. The number of aliphatic imine (C=N–C) groups is 1. The van der Waals surface area contributed by atoms with E-state index in [1.807, 2.05) is 0 Å². The third-order valence-electron chi connectivity index (χ3n) is 5.93. The van der Waals surface area contributed by atoms with Gasteiger partial charge in [-0.15, -0.1) is 0 Å². The van der Waals surface area contributed by atoms with Crippen molar-refractivity contribution in [1.29, 1.82) is 0 Å². The van der Waals surface area contributed by atoms with E-state index in [4.69, 9.17) is 4.99 Å². The predicted molar refractivity (Wildman–Crippen MR) is 113 cm³/mol. The molecule has 2 aliphatic rings. The van der Waals surface area contributed by atoms with Gasteiger partial charge in [-0.1, -0.05) is 26.2 Å². The number of likely N-dealkylation sites (tertiary alicyclic amines) is 1. The number of nitrogens with zero attached hydrogens (tertiary/aromatic N) is 3. The van der Waals surface area contributed by atoms with Gasteiger partial charge in [0.25, 0.3) is 0 Å². The van der Waals surface area contributed by atoms with Crippen molar-refractivity contribution in [1.82, 2.24) is 20.4 Å². The fourth-order valence-corrected chi connectivity index (χ4v) is 4.27. The van der Waals surface area contributed by atoms with E-state index in [9.17, 15) is 4.79 Å². The number of hydrogen-bond donors (Lipinski definition) is 2. The lowest BCUT2D eigenvalue weighted by atomic mass is 9.88. The van der Waals surface area contributed by atoms with E-state index in [1.165, 1.54) is 19.3 Å². The first-order valence-electron chi connectivity index (χ1n) is 11.1. The molecule has 2 fully saturated rings. The van der Waals surface area contributed by atoms with Crippen LogP contribution in [0.25, 0.3) is 0 Å². The van der Waals surface area contributed by atoms with E-state index in [-0.39, 0.29) is 5.92 Å². The molecule has 6 heteroatoms. The third kappa shape index (κ3) is 6.98. The molecule has 1 saturated heterocycles. The number of nitrogens with one attached hydrogen (secondary N) is 2. The van der Waals surface area contributed by atoms with Crippen molar-refractivity contribution in [2.24, 2.45) is 10.9 Å². The van der Waals surface area contributed by atoms with Crippen LogP contribution in [0.1, 0.15) is 66.2 Å². The van der Waals surface area contributed by atoms with E-state index in [0.717, 1.165) is 64.5 Å². The normalized spacial score (nSPS) is 21.9. The molecule has 0 bridgehead atoms. The Morgan fingerprint density at radius 3 is 2.56 bits per heavy atom. The van der Waals surface area contributed by atoms with Crippen LogP contribution >= 0.6 is 0 Å². The van der Waals surface area contributed by atoms with Gasteiger partial charge in [0.2, 0.25) is 5.91 Å². The van der Waals surface area contributed by atoms with Gasteiger partial charge in [-0.2, -0.15) is 0 Å². The Kier molecular flexibility index (Phi) is 9.39. The standard InChI is InChI=1S/C21H41N5O/c1-5-22-21(23-13-15-25(6-2)17(3)4)24-19-12-14-26(16-19)20(27)18-10-8-7-9-11-18/h17-19H,5-16H2,1-4H3,(H2,22,23,24). The van der Waals surface area contributed by atoms with Gasteiger partial charge in [0.05, 0.1) is 6.54 Å². The van der Waals surface area contributed by atoms with Crippen LogP contribution < -0.4 is 10.6 Å². The smallest absolute Gasteiger partial charge is 0.225 e. The molecular formula is C21H41N5O. The van der Waals surface area contributed by atoms with Crippen LogP contribution in [0, 0.1) is 5.92 Å². The van der Waals surface area contributed by atoms with Crippen LogP contribution in [-0.4, -0.2) is 73.0 Å². The summed E-state index contributed by atoms with van der Waals surface area (Å²) in [6, 6.07) is 0.859. The Morgan fingerprint density at radius 2 is 1.93 bits per heavy atom. The first kappa shape index (κ1) is 22.0. The highest BCUT2D eigenvalue weighted by atomic mass is 16.2. The van der Waals surface area contributed by atoms with Crippen molar-refractivity contribution in [2.45, 2.75) is 78.3 Å². The van der Waals surface area contributed by atoms with Gasteiger partial charge in [-0.05, 0) is 46.6 Å². The van der Waals surface area contributed by atoms with E-state index in [0.29, 0.717) is 18.0 Å². The van der Waals surface area contributed by atoms with E-state index < -0.39 is 0 Å². The van der Waals surface area contributed by atoms with E-state index >= 15 is 0 Å². The molecule has 1 aliphatic heterocycles. The number of rotatable bonds is 8. The van der Waals surface area contributed by atoms with E-state index in [1.54, 1.807) is 0 Å². The summed E-state index contributed by atoms with van der Waals surface area (Å²) in [5, 5.41) is 6.91. The van der Waals surface area contributed by atoms with Crippen molar-refractivity contribution in [3.8, 4) is 0 Å². The van der Waals surface area contributed by atoms with Gasteiger partial charge in [-0.3, -0.25) is 14.7 Å². The highest BCUT2D eigenvalue weighted by molar-refractivity contribution is 5.81. The summed E-state index contributed by atoms with van der Waals surface area (Å²) in [5.74, 6) is 1.54. The maximum atomic E-state index is 12.7. The quantitative estimate of drug-likeness (QED) is 0.502. The minimum Gasteiger partial charge on any atom is -0.357 e. The zero-order chi connectivity index (χ0) is 19.6. The molecule has 6 nitrogen and oxygen atoms in total. The third-order valence-corrected chi connectivity index (χ3v) is 5.93. The summed E-state index contributed by atoms with van der Waals surface area (Å²) in [4.78, 5) is 22.0. The molecule has 0 aromatic carbocycles. The van der Waals surface area contributed by atoms with Crippen LogP contribution in [0.2, 0.25) is 0 Å². The first-order chi connectivity index (χ1) is 13.0. The molecule has 0 aromatic rings. The van der Waals surface area contributed by atoms with Gasteiger partial charge >= 0.3 is 0 Å². The Labute approximate surface area is 166 Å². The molecule has 0 radical (unpaired) electrons. The number of carbonyl (C=O) groups is 1. The first-order valence-corrected chi connectivity index (χ1v) is 11.1. The lowest BCUT2D eigenvalue weighted by Crippen LogP contribution is -2.46. The molecule has 27 heavy (non-hydrogen) atoms.